The van der Waals surface area contributed by atoms with Gasteiger partial charge in [0.15, 0.2) is 5.13 Å². The van der Waals surface area contributed by atoms with Gasteiger partial charge >= 0.3 is 0 Å². The van der Waals surface area contributed by atoms with Gasteiger partial charge in [0.2, 0.25) is 0 Å². The number of rotatable bonds is 6. The number of benzene rings is 2. The summed E-state index contributed by atoms with van der Waals surface area (Å²) in [5.74, 6) is 1.81. The van der Waals surface area contributed by atoms with E-state index in [9.17, 15) is 4.79 Å². The smallest absolute Gasteiger partial charge is 0.257 e. The van der Waals surface area contributed by atoms with Crippen molar-refractivity contribution in [1.29, 1.82) is 0 Å². The Labute approximate surface area is 161 Å². The highest BCUT2D eigenvalue weighted by Gasteiger charge is 2.14. The topological polar surface area (TPSA) is 69.7 Å². The zero-order chi connectivity index (χ0) is 19.4. The van der Waals surface area contributed by atoms with Crippen LogP contribution in [0, 0.1) is 6.92 Å². The Balaban J connectivity index is 1.83. The summed E-state index contributed by atoms with van der Waals surface area (Å²) in [7, 11) is 4.79. The molecule has 1 N–H and O–H groups in total. The fourth-order valence-electron chi connectivity index (χ4n) is 2.60. The number of ether oxygens (including phenoxy) is 3. The van der Waals surface area contributed by atoms with E-state index in [1.54, 1.807) is 33.5 Å². The number of carbonyl (C=O) groups is 1. The Bertz CT molecular complexity index is 968. The number of amides is 1. The van der Waals surface area contributed by atoms with Crippen LogP contribution in [-0.4, -0.2) is 32.2 Å². The average molecular weight is 384 g/mol. The van der Waals surface area contributed by atoms with Crippen LogP contribution in [0.15, 0.2) is 41.8 Å². The van der Waals surface area contributed by atoms with E-state index < -0.39 is 0 Å². The molecule has 0 aliphatic carbocycles. The van der Waals surface area contributed by atoms with Crippen molar-refractivity contribution in [3.05, 3.63) is 52.9 Å². The van der Waals surface area contributed by atoms with Crippen molar-refractivity contribution in [1.82, 2.24) is 4.98 Å². The van der Waals surface area contributed by atoms with Gasteiger partial charge in [-0.15, -0.1) is 11.3 Å². The van der Waals surface area contributed by atoms with Gasteiger partial charge in [-0.3, -0.25) is 10.1 Å². The van der Waals surface area contributed by atoms with Crippen molar-refractivity contribution in [2.24, 2.45) is 0 Å². The number of carbonyl (C=O) groups excluding carboxylic acids is 1. The normalized spacial score (nSPS) is 10.4. The van der Waals surface area contributed by atoms with Crippen LogP contribution >= 0.6 is 11.3 Å². The summed E-state index contributed by atoms with van der Waals surface area (Å²) >= 11 is 1.34. The van der Waals surface area contributed by atoms with Crippen LogP contribution in [0.5, 0.6) is 17.2 Å². The summed E-state index contributed by atoms with van der Waals surface area (Å²) in [5.41, 5.74) is 2.97. The second-order valence-corrected chi connectivity index (χ2v) is 6.60. The van der Waals surface area contributed by atoms with Crippen molar-refractivity contribution in [3.8, 4) is 28.5 Å². The van der Waals surface area contributed by atoms with Gasteiger partial charge in [-0.05, 0) is 42.8 Å². The summed E-state index contributed by atoms with van der Waals surface area (Å²) in [4.78, 5) is 17.0. The van der Waals surface area contributed by atoms with Crippen LogP contribution in [-0.2, 0) is 0 Å². The summed E-state index contributed by atoms with van der Waals surface area (Å²) in [6, 6.07) is 10.8. The van der Waals surface area contributed by atoms with Gasteiger partial charge in [0.25, 0.3) is 5.91 Å². The van der Waals surface area contributed by atoms with E-state index in [2.05, 4.69) is 10.3 Å². The zero-order valence-electron chi connectivity index (χ0n) is 15.5. The standard InChI is InChI=1S/C20H20N2O4S/c1-12-5-6-13(9-18(12)26-4)19(23)22-20-21-16(11-27-20)15-10-14(24-2)7-8-17(15)25-3/h5-11H,1-4H3,(H,21,22,23). The van der Waals surface area contributed by atoms with Gasteiger partial charge in [0.05, 0.1) is 27.0 Å². The van der Waals surface area contributed by atoms with Gasteiger partial charge in [0.1, 0.15) is 17.2 Å². The molecule has 0 atom stereocenters. The fourth-order valence-corrected chi connectivity index (χ4v) is 3.31. The molecule has 0 bridgehead atoms. The summed E-state index contributed by atoms with van der Waals surface area (Å²) in [6.07, 6.45) is 0. The van der Waals surface area contributed by atoms with Crippen molar-refractivity contribution >= 4 is 22.4 Å². The molecule has 0 aliphatic rings. The van der Waals surface area contributed by atoms with Gasteiger partial charge in [-0.25, -0.2) is 4.98 Å². The Morgan fingerprint density at radius 3 is 2.48 bits per heavy atom. The summed E-state index contributed by atoms with van der Waals surface area (Å²) < 4.78 is 16.0. The maximum Gasteiger partial charge on any atom is 0.257 e. The molecule has 7 heteroatoms. The van der Waals surface area contributed by atoms with Crippen LogP contribution in [0.4, 0.5) is 5.13 Å². The highest BCUT2D eigenvalue weighted by Crippen LogP contribution is 2.35. The molecule has 6 nitrogen and oxygen atoms in total. The molecule has 2 aromatic carbocycles. The maximum atomic E-state index is 12.5. The first kappa shape index (κ1) is 18.7. The minimum atomic E-state index is -0.244. The number of anilines is 1. The molecule has 1 amide bonds. The van der Waals surface area contributed by atoms with E-state index >= 15 is 0 Å². The number of hydrogen-bond donors (Lipinski definition) is 1. The molecule has 0 unspecified atom stereocenters. The van der Waals surface area contributed by atoms with Crippen molar-refractivity contribution in [3.63, 3.8) is 0 Å². The third kappa shape index (κ3) is 4.03. The molecule has 1 aromatic heterocycles. The number of thiazole rings is 1. The molecule has 3 rings (SSSR count). The van der Waals surface area contributed by atoms with Crippen LogP contribution in [0.25, 0.3) is 11.3 Å². The second kappa shape index (κ2) is 8.09. The lowest BCUT2D eigenvalue weighted by Gasteiger charge is -2.08. The number of hydrogen-bond acceptors (Lipinski definition) is 6. The predicted octanol–water partition coefficient (Wildman–Crippen LogP) is 4.40. The molecule has 0 saturated heterocycles. The molecule has 0 saturated carbocycles. The van der Waals surface area contributed by atoms with Gasteiger partial charge < -0.3 is 14.2 Å². The van der Waals surface area contributed by atoms with Crippen LogP contribution in [0.3, 0.4) is 0 Å². The predicted molar refractivity (Wildman–Crippen MR) is 106 cm³/mol. The molecule has 1 heterocycles. The van der Waals surface area contributed by atoms with E-state index in [1.165, 1.54) is 11.3 Å². The third-order valence-electron chi connectivity index (χ3n) is 4.08. The van der Waals surface area contributed by atoms with E-state index in [1.807, 2.05) is 36.6 Å². The minimum Gasteiger partial charge on any atom is -0.497 e. The molecule has 0 aliphatic heterocycles. The number of methoxy groups -OCH3 is 3. The van der Waals surface area contributed by atoms with Gasteiger partial charge in [-0.1, -0.05) is 6.07 Å². The minimum absolute atomic E-state index is 0.244. The van der Waals surface area contributed by atoms with E-state index in [0.29, 0.717) is 33.6 Å². The van der Waals surface area contributed by atoms with Crippen molar-refractivity contribution in [2.45, 2.75) is 6.92 Å². The van der Waals surface area contributed by atoms with Gasteiger partial charge in [-0.2, -0.15) is 0 Å². The molecule has 0 radical (unpaired) electrons. The van der Waals surface area contributed by atoms with Crippen LogP contribution in [0.2, 0.25) is 0 Å². The molecule has 140 valence electrons. The summed E-state index contributed by atoms with van der Waals surface area (Å²) in [5, 5.41) is 5.19. The van der Waals surface area contributed by atoms with Crippen LogP contribution < -0.4 is 19.5 Å². The number of nitrogens with zero attached hydrogens (tertiary/aromatic N) is 1. The second-order valence-electron chi connectivity index (χ2n) is 5.74. The van der Waals surface area contributed by atoms with E-state index in [0.717, 1.165) is 11.1 Å². The first-order valence-electron chi connectivity index (χ1n) is 8.19. The van der Waals surface area contributed by atoms with Crippen LogP contribution in [0.1, 0.15) is 15.9 Å². The molecule has 0 fully saturated rings. The lowest BCUT2D eigenvalue weighted by Crippen LogP contribution is -2.12. The highest BCUT2D eigenvalue weighted by atomic mass is 32.1. The lowest BCUT2D eigenvalue weighted by molar-refractivity contribution is 0.102. The largest absolute Gasteiger partial charge is 0.497 e. The van der Waals surface area contributed by atoms with Gasteiger partial charge in [0, 0.05) is 16.5 Å². The first-order valence-corrected chi connectivity index (χ1v) is 9.07. The van der Waals surface area contributed by atoms with E-state index in [4.69, 9.17) is 14.2 Å². The molecule has 27 heavy (non-hydrogen) atoms. The van der Waals surface area contributed by atoms with E-state index in [-0.39, 0.29) is 5.91 Å². The zero-order valence-corrected chi connectivity index (χ0v) is 16.3. The Hall–Kier alpha value is -3.06. The Morgan fingerprint density at radius 1 is 1.00 bits per heavy atom. The SMILES string of the molecule is COc1ccc(OC)c(-c2csc(NC(=O)c3ccc(C)c(OC)c3)n2)c1. The highest BCUT2D eigenvalue weighted by molar-refractivity contribution is 7.14. The molecular weight excluding hydrogens is 364 g/mol. The number of aryl methyl sites for hydroxylation is 1. The number of aromatic nitrogens is 1. The molecule has 3 aromatic rings. The third-order valence-corrected chi connectivity index (χ3v) is 4.84. The van der Waals surface area contributed by atoms with Crippen molar-refractivity contribution < 1.29 is 19.0 Å². The fraction of sp³-hybridized carbons (Fsp3) is 0.200. The number of nitrogens with one attached hydrogen (secondary N) is 1. The Kier molecular flexibility index (Phi) is 5.61. The maximum absolute atomic E-state index is 12.5. The molecule has 0 spiro atoms. The lowest BCUT2D eigenvalue weighted by atomic mass is 10.1. The monoisotopic (exact) mass is 384 g/mol. The Morgan fingerprint density at radius 2 is 1.78 bits per heavy atom. The summed E-state index contributed by atoms with van der Waals surface area (Å²) in [6.45, 7) is 1.93. The van der Waals surface area contributed by atoms with Crippen molar-refractivity contribution in [2.75, 3.05) is 26.6 Å². The molecular formula is C20H20N2O4S. The average Bonchev–Trinajstić information content (AvgIpc) is 3.16. The quantitative estimate of drug-likeness (QED) is 0.682. The first-order chi connectivity index (χ1) is 13.0.